The molecular weight excluding hydrogens is 634 g/mol. The van der Waals surface area contributed by atoms with Crippen LogP contribution in [0.3, 0.4) is 0 Å². The molecule has 10 heteroatoms. The molecule has 4 aliphatic rings. The number of nitrogens with one attached hydrogen (secondary N) is 1. The van der Waals surface area contributed by atoms with Gasteiger partial charge in [-0.3, -0.25) is 29.5 Å². The Kier molecular flexibility index (Phi) is 8.49. The highest BCUT2D eigenvalue weighted by Gasteiger charge is 2.69. The third kappa shape index (κ3) is 4.99. The van der Waals surface area contributed by atoms with Crippen molar-refractivity contribution < 1.29 is 33.8 Å². The average molecular weight is 676 g/mol. The first-order valence-electron chi connectivity index (χ1n) is 17.1. The maximum Gasteiger partial charge on any atom is 0.260 e. The average Bonchev–Trinajstić information content (AvgIpc) is 3.50. The molecule has 3 fully saturated rings. The normalized spacial score (nSPS) is 27.3. The molecule has 10 nitrogen and oxygen atoms in total. The van der Waals surface area contributed by atoms with Crippen LogP contribution in [0.25, 0.3) is 6.08 Å². The summed E-state index contributed by atoms with van der Waals surface area (Å²) in [4.78, 5) is 58.8. The molecule has 2 aliphatic heterocycles. The molecule has 0 spiro atoms. The van der Waals surface area contributed by atoms with E-state index in [4.69, 9.17) is 9.47 Å². The number of imide groups is 2. The van der Waals surface area contributed by atoms with Crippen molar-refractivity contribution in [1.29, 1.82) is 0 Å². The molecular formula is C40H41N3O7. The lowest BCUT2D eigenvalue weighted by Gasteiger charge is -2.49. The molecule has 0 bridgehead atoms. The zero-order valence-electron chi connectivity index (χ0n) is 28.6. The number of fused-ring (bicyclic) bond motifs is 4. The minimum atomic E-state index is -1.36. The Morgan fingerprint density at radius 2 is 1.60 bits per heavy atom. The summed E-state index contributed by atoms with van der Waals surface area (Å²) in [5.74, 6) is -3.89. The number of carbonyl (C=O) groups is 4. The zero-order valence-corrected chi connectivity index (χ0v) is 28.6. The first-order valence-corrected chi connectivity index (χ1v) is 17.1. The number of ether oxygens (including phenoxy) is 2. The predicted molar refractivity (Wildman–Crippen MR) is 187 cm³/mol. The Balaban J connectivity index is 1.42. The molecule has 3 aromatic rings. The number of rotatable bonds is 9. The van der Waals surface area contributed by atoms with Crippen LogP contribution in [0.1, 0.15) is 42.9 Å². The minimum Gasteiger partial charge on any atom is -0.502 e. The molecule has 1 saturated carbocycles. The van der Waals surface area contributed by atoms with E-state index in [1.165, 1.54) is 19.1 Å². The lowest BCUT2D eigenvalue weighted by Crippen LogP contribution is -2.54. The summed E-state index contributed by atoms with van der Waals surface area (Å²) in [5, 5.41) is 11.7. The number of nitrogens with zero attached hydrogens (tertiary/aromatic N) is 2. The van der Waals surface area contributed by atoms with Crippen molar-refractivity contribution >= 4 is 35.4 Å². The number of amides is 4. The number of hydrogen-bond donors (Lipinski definition) is 2. The van der Waals surface area contributed by atoms with Gasteiger partial charge in [0.05, 0.1) is 43.1 Å². The van der Waals surface area contributed by atoms with Crippen molar-refractivity contribution in [2.45, 2.75) is 38.5 Å². The molecule has 4 amide bonds. The Labute approximate surface area is 291 Å². The van der Waals surface area contributed by atoms with Crippen molar-refractivity contribution in [3.63, 3.8) is 0 Å². The van der Waals surface area contributed by atoms with Crippen molar-refractivity contribution in [2.24, 2.45) is 29.6 Å². The van der Waals surface area contributed by atoms with Crippen LogP contribution in [0.2, 0.25) is 0 Å². The van der Waals surface area contributed by atoms with Gasteiger partial charge < -0.3 is 14.6 Å². The molecule has 6 unspecified atom stereocenters. The zero-order chi connectivity index (χ0) is 35.3. The van der Waals surface area contributed by atoms with E-state index in [1.807, 2.05) is 86.7 Å². The number of hydrazine groups is 1. The van der Waals surface area contributed by atoms with E-state index in [1.54, 1.807) is 12.1 Å². The highest BCUT2D eigenvalue weighted by Crippen LogP contribution is 2.61. The highest BCUT2D eigenvalue weighted by atomic mass is 16.5. The van der Waals surface area contributed by atoms with Crippen LogP contribution in [0.4, 0.5) is 5.69 Å². The number of hydrogen-bond acceptors (Lipinski definition) is 8. The SMILES string of the molecule is CCCN1C(=O)C2CC=C3C(CC4C(=O)N(Nc5ccc(C)cc5)C(=O)C4(c4ccccc4)C3C=Cc3cc(OC)c(O)c(OC)c3)C2C1=O. The first kappa shape index (κ1) is 33.1. The number of methoxy groups -OCH3 is 2. The van der Waals surface area contributed by atoms with E-state index in [2.05, 4.69) is 5.43 Å². The number of carbonyl (C=O) groups excluding carboxylic acids is 4. The minimum absolute atomic E-state index is 0.137. The molecule has 7 rings (SSSR count). The van der Waals surface area contributed by atoms with Crippen LogP contribution < -0.4 is 14.9 Å². The molecule has 2 N–H and O–H groups in total. The van der Waals surface area contributed by atoms with Gasteiger partial charge in [-0.2, -0.15) is 5.01 Å². The quantitative estimate of drug-likeness (QED) is 0.220. The molecule has 2 heterocycles. The van der Waals surface area contributed by atoms with Gasteiger partial charge in [0.25, 0.3) is 11.8 Å². The number of aromatic hydroxyl groups is 1. The molecule has 2 saturated heterocycles. The summed E-state index contributed by atoms with van der Waals surface area (Å²) in [7, 11) is 2.90. The van der Waals surface area contributed by atoms with Crippen molar-refractivity contribution in [2.75, 3.05) is 26.2 Å². The van der Waals surface area contributed by atoms with Gasteiger partial charge in [0, 0.05) is 12.5 Å². The van der Waals surface area contributed by atoms with Crippen LogP contribution >= 0.6 is 0 Å². The fraction of sp³-hybridized carbons (Fsp3) is 0.350. The van der Waals surface area contributed by atoms with Crippen LogP contribution in [0, 0.1) is 36.5 Å². The summed E-state index contributed by atoms with van der Waals surface area (Å²) in [6, 6.07) is 20.2. The van der Waals surface area contributed by atoms with Crippen LogP contribution in [0.5, 0.6) is 17.2 Å². The number of anilines is 1. The molecule has 3 aromatic carbocycles. The van der Waals surface area contributed by atoms with Gasteiger partial charge in [0.1, 0.15) is 0 Å². The third-order valence-corrected chi connectivity index (χ3v) is 11.0. The smallest absolute Gasteiger partial charge is 0.260 e. The number of allylic oxidation sites excluding steroid dienone is 3. The second kappa shape index (κ2) is 12.8. The highest BCUT2D eigenvalue weighted by molar-refractivity contribution is 6.13. The maximum absolute atomic E-state index is 15.1. The number of likely N-dealkylation sites (tertiary alicyclic amines) is 1. The van der Waals surface area contributed by atoms with Gasteiger partial charge in [-0.05, 0) is 67.5 Å². The molecule has 0 aromatic heterocycles. The molecule has 6 atom stereocenters. The van der Waals surface area contributed by atoms with Gasteiger partial charge in [0.2, 0.25) is 17.6 Å². The van der Waals surface area contributed by atoms with Gasteiger partial charge in [-0.25, -0.2) is 0 Å². The van der Waals surface area contributed by atoms with Crippen molar-refractivity contribution in [3.05, 3.63) is 101 Å². The Bertz CT molecular complexity index is 1900. The number of aryl methyl sites for hydroxylation is 1. The van der Waals surface area contributed by atoms with Crippen molar-refractivity contribution in [1.82, 2.24) is 9.91 Å². The summed E-state index contributed by atoms with van der Waals surface area (Å²) in [5.41, 5.74) is 5.59. The number of benzene rings is 3. The fourth-order valence-corrected chi connectivity index (χ4v) is 8.72. The molecule has 2 aliphatic carbocycles. The third-order valence-electron chi connectivity index (χ3n) is 11.0. The number of phenols is 1. The molecule has 258 valence electrons. The lowest BCUT2D eigenvalue weighted by atomic mass is 9.50. The maximum atomic E-state index is 15.1. The monoisotopic (exact) mass is 675 g/mol. The topological polar surface area (TPSA) is 125 Å². The second-order valence-electron chi connectivity index (χ2n) is 13.6. The second-order valence-corrected chi connectivity index (χ2v) is 13.6. The Morgan fingerprint density at radius 1 is 0.920 bits per heavy atom. The van der Waals surface area contributed by atoms with Crippen LogP contribution in [0.15, 0.2) is 84.5 Å². The Hall–Kier alpha value is -5.38. The predicted octanol–water partition coefficient (Wildman–Crippen LogP) is 5.66. The summed E-state index contributed by atoms with van der Waals surface area (Å²) >= 11 is 0. The van der Waals surface area contributed by atoms with E-state index in [9.17, 15) is 19.5 Å². The molecule has 0 radical (unpaired) electrons. The van der Waals surface area contributed by atoms with Crippen LogP contribution in [-0.4, -0.2) is 59.4 Å². The van der Waals surface area contributed by atoms with Gasteiger partial charge in [-0.1, -0.05) is 78.8 Å². The Morgan fingerprint density at radius 3 is 2.24 bits per heavy atom. The van der Waals surface area contributed by atoms with E-state index >= 15 is 4.79 Å². The van der Waals surface area contributed by atoms with E-state index < -0.39 is 40.9 Å². The first-order chi connectivity index (χ1) is 24.1. The lowest BCUT2D eigenvalue weighted by molar-refractivity contribution is -0.141. The molecule has 50 heavy (non-hydrogen) atoms. The van der Waals surface area contributed by atoms with Gasteiger partial charge >= 0.3 is 0 Å². The van der Waals surface area contributed by atoms with Gasteiger partial charge in [0.15, 0.2) is 11.5 Å². The van der Waals surface area contributed by atoms with Crippen LogP contribution in [-0.2, 0) is 24.6 Å². The fourth-order valence-electron chi connectivity index (χ4n) is 8.72. The van der Waals surface area contributed by atoms with E-state index in [0.717, 1.165) is 16.1 Å². The summed E-state index contributed by atoms with van der Waals surface area (Å²) in [6.07, 6.45) is 7.06. The largest absolute Gasteiger partial charge is 0.502 e. The van der Waals surface area contributed by atoms with E-state index in [-0.39, 0.29) is 41.4 Å². The summed E-state index contributed by atoms with van der Waals surface area (Å²) < 4.78 is 10.8. The number of phenolic OH excluding ortho intramolecular Hbond substituents is 1. The van der Waals surface area contributed by atoms with Crippen molar-refractivity contribution in [3.8, 4) is 17.2 Å². The summed E-state index contributed by atoms with van der Waals surface area (Å²) in [6.45, 7) is 4.25. The standard InChI is InChI=1S/C40H41N3O7/c1-5-19-42-36(45)28-17-16-27-29(34(28)38(42)47)22-31-37(46)43(41-26-14-11-23(2)12-15-26)39(48)40(31,25-9-7-6-8-10-25)30(27)18-13-24-20-32(49-3)35(44)33(21-24)50-4/h6-16,18,20-21,28-31,34,41,44H,5,17,19,22H2,1-4H3. The van der Waals surface area contributed by atoms with Gasteiger partial charge in [-0.15, -0.1) is 0 Å². The van der Waals surface area contributed by atoms with E-state index in [0.29, 0.717) is 36.2 Å².